The summed E-state index contributed by atoms with van der Waals surface area (Å²) in [6.07, 6.45) is 5.41. The number of nitrogens with one attached hydrogen (secondary N) is 1. The Morgan fingerprint density at radius 1 is 1.65 bits per heavy atom. The number of carbonyl (C=O) groups excluding carboxylic acids is 1. The summed E-state index contributed by atoms with van der Waals surface area (Å²) in [7, 11) is 0. The summed E-state index contributed by atoms with van der Waals surface area (Å²) < 4.78 is 5.38. The Morgan fingerprint density at radius 3 is 3.06 bits per heavy atom. The van der Waals surface area contributed by atoms with Crippen molar-refractivity contribution >= 4 is 11.6 Å². The largest absolute Gasteiger partial charge is 0.493 e. The molecule has 0 aromatic heterocycles. The van der Waals surface area contributed by atoms with Crippen molar-refractivity contribution in [2.24, 2.45) is 0 Å². The number of rotatable bonds is 5. The molecule has 1 atom stereocenters. The van der Waals surface area contributed by atoms with Crippen molar-refractivity contribution in [1.82, 2.24) is 5.32 Å². The van der Waals surface area contributed by atoms with Crippen molar-refractivity contribution in [2.75, 3.05) is 12.3 Å². The van der Waals surface area contributed by atoms with Gasteiger partial charge in [-0.1, -0.05) is 12.0 Å². The van der Waals surface area contributed by atoms with Crippen LogP contribution in [0.4, 0.5) is 5.69 Å². The molecule has 0 radical (unpaired) electrons. The fourth-order valence-corrected chi connectivity index (χ4v) is 1.22. The van der Waals surface area contributed by atoms with E-state index in [1.807, 2.05) is 0 Å². The number of hydrogen-bond donors (Lipinski definition) is 2. The minimum Gasteiger partial charge on any atom is -0.493 e. The molecule has 4 nitrogen and oxygen atoms in total. The molecular weight excluding hydrogens is 216 g/mol. The van der Waals surface area contributed by atoms with Gasteiger partial charge in [-0.05, 0) is 19.1 Å². The number of benzene rings is 1. The third kappa shape index (κ3) is 4.94. The third-order valence-corrected chi connectivity index (χ3v) is 2.08. The first-order valence-corrected chi connectivity index (χ1v) is 5.35. The Kier molecular flexibility index (Phi) is 4.89. The molecule has 0 saturated heterocycles. The van der Waals surface area contributed by atoms with E-state index >= 15 is 0 Å². The van der Waals surface area contributed by atoms with E-state index in [4.69, 9.17) is 16.9 Å². The fourth-order valence-electron chi connectivity index (χ4n) is 1.22. The number of anilines is 1. The van der Waals surface area contributed by atoms with Gasteiger partial charge in [0.25, 0.3) is 0 Å². The molecule has 0 spiro atoms. The summed E-state index contributed by atoms with van der Waals surface area (Å²) >= 11 is 0. The van der Waals surface area contributed by atoms with Crippen LogP contribution in [0.25, 0.3) is 0 Å². The molecule has 1 aromatic carbocycles. The first-order valence-electron chi connectivity index (χ1n) is 5.35. The van der Waals surface area contributed by atoms with Gasteiger partial charge in [0.2, 0.25) is 5.91 Å². The molecule has 0 heterocycles. The van der Waals surface area contributed by atoms with E-state index in [1.54, 1.807) is 31.2 Å². The lowest BCUT2D eigenvalue weighted by Crippen LogP contribution is -2.32. The first-order chi connectivity index (χ1) is 8.11. The maximum atomic E-state index is 11.4. The molecule has 90 valence electrons. The maximum Gasteiger partial charge on any atom is 0.224 e. The second-order valence-electron chi connectivity index (χ2n) is 3.63. The third-order valence-electron chi connectivity index (χ3n) is 2.08. The maximum absolute atomic E-state index is 11.4. The highest BCUT2D eigenvalue weighted by molar-refractivity contribution is 5.76. The van der Waals surface area contributed by atoms with E-state index in [9.17, 15) is 4.79 Å². The zero-order valence-electron chi connectivity index (χ0n) is 9.77. The van der Waals surface area contributed by atoms with Gasteiger partial charge < -0.3 is 15.8 Å². The van der Waals surface area contributed by atoms with Gasteiger partial charge >= 0.3 is 0 Å². The van der Waals surface area contributed by atoms with Crippen molar-refractivity contribution in [3.63, 3.8) is 0 Å². The summed E-state index contributed by atoms with van der Waals surface area (Å²) in [4.78, 5) is 11.4. The zero-order chi connectivity index (χ0) is 12.7. The minimum atomic E-state index is -0.255. The monoisotopic (exact) mass is 232 g/mol. The molecule has 4 heteroatoms. The molecule has 1 unspecified atom stereocenters. The predicted molar refractivity (Wildman–Crippen MR) is 67.4 cm³/mol. The van der Waals surface area contributed by atoms with E-state index in [-0.39, 0.29) is 18.4 Å². The lowest BCUT2D eigenvalue weighted by molar-refractivity contribution is -0.121. The normalized spacial score (nSPS) is 11.3. The van der Waals surface area contributed by atoms with E-state index < -0.39 is 0 Å². The van der Waals surface area contributed by atoms with Crippen molar-refractivity contribution in [1.29, 1.82) is 0 Å². The predicted octanol–water partition coefficient (Wildman–Crippen LogP) is 1.18. The van der Waals surface area contributed by atoms with Crippen LogP contribution in [0.2, 0.25) is 0 Å². The highest BCUT2D eigenvalue weighted by Crippen LogP contribution is 2.14. The number of nitrogen functional groups attached to an aromatic ring is 1. The minimum absolute atomic E-state index is 0.126. The van der Waals surface area contributed by atoms with Crippen LogP contribution in [0.3, 0.4) is 0 Å². The van der Waals surface area contributed by atoms with Gasteiger partial charge in [0.1, 0.15) is 5.75 Å². The molecule has 1 rings (SSSR count). The van der Waals surface area contributed by atoms with Crippen LogP contribution in [0.5, 0.6) is 5.75 Å². The van der Waals surface area contributed by atoms with E-state index in [0.717, 1.165) is 0 Å². The average molecular weight is 232 g/mol. The molecule has 0 aliphatic heterocycles. The van der Waals surface area contributed by atoms with Crippen LogP contribution >= 0.6 is 0 Å². The van der Waals surface area contributed by atoms with Gasteiger partial charge in [-0.15, -0.1) is 6.42 Å². The van der Waals surface area contributed by atoms with Crippen LogP contribution < -0.4 is 15.8 Å². The van der Waals surface area contributed by atoms with Crippen molar-refractivity contribution in [3.05, 3.63) is 24.3 Å². The van der Waals surface area contributed by atoms with Crippen LogP contribution in [0.15, 0.2) is 24.3 Å². The summed E-state index contributed by atoms with van der Waals surface area (Å²) in [5.74, 6) is 2.95. The van der Waals surface area contributed by atoms with E-state index in [0.29, 0.717) is 18.0 Å². The van der Waals surface area contributed by atoms with Gasteiger partial charge in [0.05, 0.1) is 19.1 Å². The lowest BCUT2D eigenvalue weighted by atomic mass is 10.3. The number of nitrogens with two attached hydrogens (primary N) is 1. The van der Waals surface area contributed by atoms with Gasteiger partial charge in [0, 0.05) is 11.8 Å². The molecule has 0 fully saturated rings. The summed E-state index contributed by atoms with van der Waals surface area (Å²) in [6, 6.07) is 6.81. The quantitative estimate of drug-likeness (QED) is 0.591. The lowest BCUT2D eigenvalue weighted by Gasteiger charge is -2.09. The Hall–Kier alpha value is -2.15. The smallest absolute Gasteiger partial charge is 0.224 e. The molecular formula is C13H16N2O2. The summed E-state index contributed by atoms with van der Waals surface area (Å²) in [5.41, 5.74) is 6.22. The Bertz CT molecular complexity index is 424. The van der Waals surface area contributed by atoms with Gasteiger partial charge in [-0.25, -0.2) is 0 Å². The van der Waals surface area contributed by atoms with E-state index in [1.165, 1.54) is 0 Å². The molecule has 17 heavy (non-hydrogen) atoms. The van der Waals surface area contributed by atoms with E-state index in [2.05, 4.69) is 11.2 Å². The molecule has 1 aromatic rings. The van der Waals surface area contributed by atoms with Gasteiger partial charge in [-0.3, -0.25) is 4.79 Å². The topological polar surface area (TPSA) is 64.3 Å². The highest BCUT2D eigenvalue weighted by Gasteiger charge is 2.04. The average Bonchev–Trinajstić information content (AvgIpc) is 2.29. The number of amides is 1. The number of hydrogen-bond acceptors (Lipinski definition) is 3. The standard InChI is InChI=1S/C13H16N2O2/c1-3-10(2)15-13(16)7-8-17-12-6-4-5-11(14)9-12/h1,4-6,9-10H,7-8,14H2,2H3,(H,15,16). The fraction of sp³-hybridized carbons (Fsp3) is 0.308. The molecule has 3 N–H and O–H groups in total. The SMILES string of the molecule is C#CC(C)NC(=O)CCOc1cccc(N)c1. The summed E-state index contributed by atoms with van der Waals surface area (Å²) in [5, 5.41) is 2.65. The van der Waals surface area contributed by atoms with Gasteiger partial charge in [-0.2, -0.15) is 0 Å². The second-order valence-corrected chi connectivity index (χ2v) is 3.63. The van der Waals surface area contributed by atoms with Crippen LogP contribution in [0.1, 0.15) is 13.3 Å². The first kappa shape index (κ1) is 12.9. The van der Waals surface area contributed by atoms with Gasteiger partial charge in [0.15, 0.2) is 0 Å². The Balaban J connectivity index is 2.29. The number of carbonyl (C=O) groups is 1. The Labute approximate surface area is 101 Å². The molecule has 0 bridgehead atoms. The number of terminal acetylenes is 1. The number of ether oxygens (including phenoxy) is 1. The van der Waals surface area contributed by atoms with Crippen LogP contribution in [0, 0.1) is 12.3 Å². The zero-order valence-corrected chi connectivity index (χ0v) is 9.77. The molecule has 1 amide bonds. The second kappa shape index (κ2) is 6.44. The molecule has 0 aliphatic carbocycles. The van der Waals surface area contributed by atoms with Crippen molar-refractivity contribution in [3.8, 4) is 18.1 Å². The van der Waals surface area contributed by atoms with Crippen molar-refractivity contribution < 1.29 is 9.53 Å². The molecule has 0 saturated carbocycles. The Morgan fingerprint density at radius 2 is 2.41 bits per heavy atom. The van der Waals surface area contributed by atoms with Crippen LogP contribution in [-0.2, 0) is 4.79 Å². The molecule has 0 aliphatic rings. The van der Waals surface area contributed by atoms with Crippen molar-refractivity contribution in [2.45, 2.75) is 19.4 Å². The highest BCUT2D eigenvalue weighted by atomic mass is 16.5. The summed E-state index contributed by atoms with van der Waals surface area (Å²) in [6.45, 7) is 2.04. The van der Waals surface area contributed by atoms with Crippen LogP contribution in [-0.4, -0.2) is 18.6 Å².